The van der Waals surface area contributed by atoms with Crippen LogP contribution < -0.4 is 21.3 Å². The van der Waals surface area contributed by atoms with Crippen LogP contribution in [0.15, 0.2) is 65.8 Å². The second-order valence-corrected chi connectivity index (χ2v) is 9.18. The number of nitrogens with zero attached hydrogens (tertiary/aromatic N) is 5. The van der Waals surface area contributed by atoms with E-state index in [0.717, 1.165) is 35.0 Å². The molecular weight excluding hydrogens is 470 g/mol. The van der Waals surface area contributed by atoms with Crippen LogP contribution in [0.4, 0.5) is 5.82 Å². The van der Waals surface area contributed by atoms with Crippen molar-refractivity contribution in [1.29, 1.82) is 0 Å². The summed E-state index contributed by atoms with van der Waals surface area (Å²) in [6.45, 7) is 1.87. The number of fused-ring (bicyclic) bond motifs is 2. The number of amides is 1. The highest BCUT2D eigenvalue weighted by molar-refractivity contribution is 6.04. The Labute approximate surface area is 211 Å². The molecule has 10 nitrogen and oxygen atoms in total. The van der Waals surface area contributed by atoms with Crippen LogP contribution in [0.5, 0.6) is 5.88 Å². The van der Waals surface area contributed by atoms with Crippen LogP contribution >= 0.6 is 0 Å². The number of carbonyl (C=O) groups excluding carboxylic acids is 1. The van der Waals surface area contributed by atoms with Gasteiger partial charge < -0.3 is 20.4 Å². The van der Waals surface area contributed by atoms with Gasteiger partial charge >= 0.3 is 0 Å². The number of anilines is 1. The molecule has 1 amide bonds. The van der Waals surface area contributed by atoms with E-state index in [1.165, 1.54) is 4.52 Å². The summed E-state index contributed by atoms with van der Waals surface area (Å²) >= 11 is 0. The standard InChI is InChI=1S/C27H25N7O3/c1-15(31-26(35)23-24(28)32-33-12-4-10-30-25(23)33)20-13-17-5-3-6-19(16-9-11-29-21(14-16)37-2)22(17)27(36)34(20)18-7-8-18/h3-6,9-15,18H,7-8H2,1-2H3,(H2,28,32)(H,31,35). The highest BCUT2D eigenvalue weighted by Crippen LogP contribution is 2.38. The molecule has 1 aliphatic carbocycles. The van der Waals surface area contributed by atoms with Crippen LogP contribution in [-0.4, -0.2) is 37.2 Å². The summed E-state index contributed by atoms with van der Waals surface area (Å²) in [5.74, 6) is 0.177. The number of aromatic nitrogens is 5. The lowest BCUT2D eigenvalue weighted by Gasteiger charge is -2.21. The smallest absolute Gasteiger partial charge is 0.259 e. The lowest BCUT2D eigenvalue weighted by molar-refractivity contribution is 0.0940. The SMILES string of the molecule is COc1cc(-c2cccc3cc(C(C)NC(=O)c4c(N)nn5cccnc45)n(C4CC4)c(=O)c23)ccn1. The molecule has 1 aliphatic rings. The molecule has 1 aromatic carbocycles. The Kier molecular flexibility index (Phi) is 5.36. The zero-order valence-corrected chi connectivity index (χ0v) is 20.4. The minimum atomic E-state index is -0.465. The maximum atomic E-state index is 14.0. The first-order chi connectivity index (χ1) is 18.0. The number of methoxy groups -OCH3 is 1. The number of rotatable bonds is 6. The molecule has 1 saturated carbocycles. The van der Waals surface area contributed by atoms with Crippen LogP contribution in [0.2, 0.25) is 0 Å². The van der Waals surface area contributed by atoms with Gasteiger partial charge in [0.25, 0.3) is 11.5 Å². The third-order valence-corrected chi connectivity index (χ3v) is 6.72. The Bertz CT molecular complexity index is 1740. The number of pyridine rings is 2. The molecule has 3 N–H and O–H groups in total. The van der Waals surface area contributed by atoms with Gasteiger partial charge in [0.1, 0.15) is 5.56 Å². The van der Waals surface area contributed by atoms with Gasteiger partial charge in [-0.3, -0.25) is 9.59 Å². The summed E-state index contributed by atoms with van der Waals surface area (Å²) in [7, 11) is 1.56. The van der Waals surface area contributed by atoms with Gasteiger partial charge in [-0.1, -0.05) is 18.2 Å². The third kappa shape index (κ3) is 3.86. The monoisotopic (exact) mass is 495 g/mol. The van der Waals surface area contributed by atoms with Crippen LogP contribution in [0.3, 0.4) is 0 Å². The number of nitrogen functional groups attached to an aromatic ring is 1. The number of hydrogen-bond acceptors (Lipinski definition) is 7. The van der Waals surface area contributed by atoms with Crippen molar-refractivity contribution in [3.8, 4) is 17.0 Å². The molecule has 1 fully saturated rings. The number of hydrogen-bond donors (Lipinski definition) is 2. The minimum absolute atomic E-state index is 0.0837. The molecule has 5 aromatic rings. The minimum Gasteiger partial charge on any atom is -0.481 e. The Morgan fingerprint density at radius 3 is 2.78 bits per heavy atom. The molecular formula is C27H25N7O3. The van der Waals surface area contributed by atoms with E-state index >= 15 is 0 Å². The Balaban J connectivity index is 1.44. The highest BCUT2D eigenvalue weighted by Gasteiger charge is 2.31. The number of benzene rings is 1. The summed E-state index contributed by atoms with van der Waals surface area (Å²) in [5, 5.41) is 8.61. The normalized spacial score (nSPS) is 14.1. The van der Waals surface area contributed by atoms with Crippen molar-refractivity contribution in [3.05, 3.63) is 82.7 Å². The van der Waals surface area contributed by atoms with E-state index in [2.05, 4.69) is 20.4 Å². The van der Waals surface area contributed by atoms with E-state index in [4.69, 9.17) is 10.5 Å². The fourth-order valence-corrected chi connectivity index (χ4v) is 4.83. The van der Waals surface area contributed by atoms with Gasteiger partial charge in [-0.05, 0) is 54.5 Å². The van der Waals surface area contributed by atoms with Crippen molar-refractivity contribution in [2.75, 3.05) is 12.8 Å². The lowest BCUT2D eigenvalue weighted by atomic mass is 9.98. The molecule has 1 unspecified atom stereocenters. The van der Waals surface area contributed by atoms with Gasteiger partial charge in [-0.25, -0.2) is 14.5 Å². The first-order valence-electron chi connectivity index (χ1n) is 12.0. The second kappa shape index (κ2) is 8.74. The van der Waals surface area contributed by atoms with Crippen molar-refractivity contribution in [1.82, 2.24) is 29.5 Å². The maximum Gasteiger partial charge on any atom is 0.259 e. The van der Waals surface area contributed by atoms with Crippen molar-refractivity contribution in [2.45, 2.75) is 31.8 Å². The number of nitrogens with one attached hydrogen (secondary N) is 1. The summed E-state index contributed by atoms with van der Waals surface area (Å²) < 4.78 is 8.59. The average molecular weight is 496 g/mol. The Hall–Kier alpha value is -4.73. The molecule has 1 atom stereocenters. The van der Waals surface area contributed by atoms with Crippen molar-refractivity contribution in [2.24, 2.45) is 0 Å². The predicted octanol–water partition coefficient (Wildman–Crippen LogP) is 3.52. The second-order valence-electron chi connectivity index (χ2n) is 9.18. The van der Waals surface area contributed by atoms with E-state index in [1.54, 1.807) is 31.8 Å². The summed E-state index contributed by atoms with van der Waals surface area (Å²) in [6.07, 6.45) is 6.76. The number of ether oxygens (including phenoxy) is 1. The summed E-state index contributed by atoms with van der Waals surface area (Å²) in [6, 6.07) is 12.8. The van der Waals surface area contributed by atoms with Crippen molar-refractivity contribution < 1.29 is 9.53 Å². The van der Waals surface area contributed by atoms with Gasteiger partial charge in [0.05, 0.1) is 18.5 Å². The average Bonchev–Trinajstić information content (AvgIpc) is 3.68. The van der Waals surface area contributed by atoms with E-state index in [0.29, 0.717) is 16.9 Å². The van der Waals surface area contributed by atoms with E-state index in [-0.39, 0.29) is 23.0 Å². The quantitative estimate of drug-likeness (QED) is 0.369. The maximum absolute atomic E-state index is 14.0. The van der Waals surface area contributed by atoms with Gasteiger partial charge in [-0.2, -0.15) is 0 Å². The van der Waals surface area contributed by atoms with Gasteiger partial charge in [0.15, 0.2) is 11.5 Å². The van der Waals surface area contributed by atoms with Gasteiger partial charge in [0, 0.05) is 36.4 Å². The first kappa shape index (κ1) is 22.7. The van der Waals surface area contributed by atoms with E-state index in [1.807, 2.05) is 47.9 Å². The van der Waals surface area contributed by atoms with E-state index < -0.39 is 11.9 Å². The van der Waals surface area contributed by atoms with Crippen LogP contribution in [-0.2, 0) is 0 Å². The zero-order valence-electron chi connectivity index (χ0n) is 20.4. The van der Waals surface area contributed by atoms with Crippen molar-refractivity contribution >= 4 is 28.1 Å². The highest BCUT2D eigenvalue weighted by atomic mass is 16.5. The molecule has 186 valence electrons. The van der Waals surface area contributed by atoms with Crippen LogP contribution in [0, 0.1) is 0 Å². The van der Waals surface area contributed by atoms with Gasteiger partial charge in [-0.15, -0.1) is 5.10 Å². The first-order valence-corrected chi connectivity index (χ1v) is 12.0. The fraction of sp³-hybridized carbons (Fsp3) is 0.222. The molecule has 0 saturated heterocycles. The molecule has 0 bridgehead atoms. The molecule has 6 rings (SSSR count). The van der Waals surface area contributed by atoms with Crippen molar-refractivity contribution in [3.63, 3.8) is 0 Å². The van der Waals surface area contributed by atoms with Crippen LogP contribution in [0.1, 0.15) is 47.9 Å². The molecule has 0 radical (unpaired) electrons. The number of nitrogens with two attached hydrogens (primary N) is 1. The summed E-state index contributed by atoms with van der Waals surface area (Å²) in [5.41, 5.74) is 8.95. The zero-order chi connectivity index (χ0) is 25.7. The molecule has 10 heteroatoms. The topological polar surface area (TPSA) is 129 Å². The summed E-state index contributed by atoms with van der Waals surface area (Å²) in [4.78, 5) is 35.7. The molecule has 4 heterocycles. The Morgan fingerprint density at radius 1 is 1.16 bits per heavy atom. The van der Waals surface area contributed by atoms with E-state index in [9.17, 15) is 9.59 Å². The molecule has 37 heavy (non-hydrogen) atoms. The van der Waals surface area contributed by atoms with Crippen LogP contribution in [0.25, 0.3) is 27.5 Å². The Morgan fingerprint density at radius 2 is 2.00 bits per heavy atom. The molecule has 4 aromatic heterocycles. The molecule has 0 aliphatic heterocycles. The number of carbonyl (C=O) groups is 1. The van der Waals surface area contributed by atoms with Gasteiger partial charge in [0.2, 0.25) is 5.88 Å². The molecule has 0 spiro atoms. The largest absolute Gasteiger partial charge is 0.481 e. The third-order valence-electron chi connectivity index (χ3n) is 6.72. The fourth-order valence-electron chi connectivity index (χ4n) is 4.83. The predicted molar refractivity (Wildman–Crippen MR) is 140 cm³/mol. The lowest BCUT2D eigenvalue weighted by Crippen LogP contribution is -2.32.